The number of rotatable bonds is 7. The Hall–Kier alpha value is -4.72. The lowest BCUT2D eigenvalue weighted by Crippen LogP contribution is -1.97. The largest absolute Gasteiger partial charge is 0.457 e. The number of hydrogen-bond acceptors (Lipinski definition) is 6. The minimum Gasteiger partial charge on any atom is -0.457 e. The summed E-state index contributed by atoms with van der Waals surface area (Å²) in [6.45, 7) is 11.3. The van der Waals surface area contributed by atoms with Crippen molar-refractivity contribution in [1.82, 2.24) is 0 Å². The predicted octanol–water partition coefficient (Wildman–Crippen LogP) is 8.61. The molecule has 0 amide bonds. The first-order valence-electron chi connectivity index (χ1n) is 12.0. The van der Waals surface area contributed by atoms with E-state index in [0.717, 1.165) is 33.4 Å². The Morgan fingerprint density at radius 2 is 0.816 bits per heavy atom. The first-order valence-corrected chi connectivity index (χ1v) is 12.0. The number of nitrogens with zero attached hydrogens (tertiary/aromatic N) is 2. The van der Waals surface area contributed by atoms with Gasteiger partial charge in [-0.05, 0) is 123 Å². The lowest BCUT2D eigenvalue weighted by atomic mass is 9.96. The van der Waals surface area contributed by atoms with Gasteiger partial charge in [-0.3, -0.25) is 20.2 Å². The lowest BCUT2D eigenvalue weighted by Gasteiger charge is -2.17. The SMILES string of the molecule is Cc1cc(Oc2c(C)cc(-c3cc(C)c(Oc4ccc([N+](=O)[O-])c(C)c4)c(C)c3)cc2C)ccc1[N+](=O)[O-]. The summed E-state index contributed by atoms with van der Waals surface area (Å²) in [5.74, 6) is 2.51. The summed E-state index contributed by atoms with van der Waals surface area (Å²) < 4.78 is 12.3. The van der Waals surface area contributed by atoms with Gasteiger partial charge < -0.3 is 9.47 Å². The van der Waals surface area contributed by atoms with Gasteiger partial charge in [0.15, 0.2) is 0 Å². The molecule has 0 saturated heterocycles. The normalized spacial score (nSPS) is 10.8. The van der Waals surface area contributed by atoms with Crippen LogP contribution in [0.5, 0.6) is 23.0 Å². The summed E-state index contributed by atoms with van der Waals surface area (Å²) in [4.78, 5) is 21.4. The number of aryl methyl sites for hydroxylation is 6. The van der Waals surface area contributed by atoms with Crippen molar-refractivity contribution < 1.29 is 19.3 Å². The third-order valence-electron chi connectivity index (χ3n) is 6.42. The van der Waals surface area contributed by atoms with Crippen LogP contribution in [0, 0.1) is 61.8 Å². The van der Waals surface area contributed by atoms with E-state index in [-0.39, 0.29) is 11.4 Å². The van der Waals surface area contributed by atoms with Crippen LogP contribution in [-0.4, -0.2) is 9.85 Å². The molecular formula is C30H28N2O6. The number of ether oxygens (including phenoxy) is 2. The second-order valence-electron chi connectivity index (χ2n) is 9.49. The van der Waals surface area contributed by atoms with Crippen LogP contribution in [0.1, 0.15) is 33.4 Å². The van der Waals surface area contributed by atoms with Crippen molar-refractivity contribution in [3.05, 3.63) is 114 Å². The summed E-state index contributed by atoms with van der Waals surface area (Å²) in [6.07, 6.45) is 0. The summed E-state index contributed by atoms with van der Waals surface area (Å²) in [5, 5.41) is 22.2. The molecule has 8 nitrogen and oxygen atoms in total. The van der Waals surface area contributed by atoms with E-state index >= 15 is 0 Å². The average Bonchev–Trinajstić information content (AvgIpc) is 2.83. The first kappa shape index (κ1) is 26.3. The molecule has 8 heteroatoms. The molecule has 4 aromatic carbocycles. The van der Waals surface area contributed by atoms with Gasteiger partial charge in [-0.2, -0.15) is 0 Å². The molecule has 0 aliphatic rings. The Kier molecular flexibility index (Phi) is 7.17. The van der Waals surface area contributed by atoms with Gasteiger partial charge >= 0.3 is 0 Å². The van der Waals surface area contributed by atoms with Crippen molar-refractivity contribution in [3.8, 4) is 34.1 Å². The maximum absolute atomic E-state index is 11.1. The maximum Gasteiger partial charge on any atom is 0.272 e. The van der Waals surface area contributed by atoms with Crippen LogP contribution in [0.4, 0.5) is 11.4 Å². The molecular weight excluding hydrogens is 484 g/mol. The topological polar surface area (TPSA) is 105 Å². The molecule has 0 atom stereocenters. The van der Waals surface area contributed by atoms with Crippen LogP contribution >= 0.6 is 0 Å². The minimum absolute atomic E-state index is 0.0584. The second kappa shape index (κ2) is 10.3. The minimum atomic E-state index is -0.405. The van der Waals surface area contributed by atoms with E-state index in [0.29, 0.717) is 34.1 Å². The van der Waals surface area contributed by atoms with Gasteiger partial charge in [0.05, 0.1) is 9.85 Å². The van der Waals surface area contributed by atoms with Crippen LogP contribution in [0.25, 0.3) is 11.1 Å². The Morgan fingerprint density at radius 1 is 0.500 bits per heavy atom. The van der Waals surface area contributed by atoms with Gasteiger partial charge in [-0.25, -0.2) is 0 Å². The van der Waals surface area contributed by atoms with Gasteiger partial charge in [0, 0.05) is 23.3 Å². The van der Waals surface area contributed by atoms with E-state index in [2.05, 4.69) is 24.3 Å². The molecule has 0 aromatic heterocycles. The van der Waals surface area contributed by atoms with Gasteiger partial charge in [0.1, 0.15) is 23.0 Å². The molecule has 0 aliphatic heterocycles. The van der Waals surface area contributed by atoms with Crippen molar-refractivity contribution in [2.75, 3.05) is 0 Å². The van der Waals surface area contributed by atoms with Crippen LogP contribution in [0.3, 0.4) is 0 Å². The highest BCUT2D eigenvalue weighted by Crippen LogP contribution is 2.38. The zero-order chi connectivity index (χ0) is 27.7. The maximum atomic E-state index is 11.1. The molecule has 0 heterocycles. The molecule has 0 fully saturated rings. The molecule has 0 bridgehead atoms. The van der Waals surface area contributed by atoms with Crippen LogP contribution in [0.2, 0.25) is 0 Å². The Balaban J connectivity index is 1.61. The predicted molar refractivity (Wildman–Crippen MR) is 147 cm³/mol. The van der Waals surface area contributed by atoms with E-state index in [1.165, 1.54) is 12.1 Å². The monoisotopic (exact) mass is 512 g/mol. The molecule has 0 aliphatic carbocycles. The molecule has 0 saturated carbocycles. The van der Waals surface area contributed by atoms with E-state index in [1.54, 1.807) is 38.1 Å². The number of nitro groups is 2. The average molecular weight is 513 g/mol. The smallest absolute Gasteiger partial charge is 0.272 e. The second-order valence-corrected chi connectivity index (χ2v) is 9.49. The van der Waals surface area contributed by atoms with Gasteiger partial charge in [-0.15, -0.1) is 0 Å². The van der Waals surface area contributed by atoms with E-state index in [1.807, 2.05) is 27.7 Å². The fourth-order valence-electron chi connectivity index (χ4n) is 4.58. The molecule has 0 radical (unpaired) electrons. The van der Waals surface area contributed by atoms with Crippen molar-refractivity contribution in [2.24, 2.45) is 0 Å². The van der Waals surface area contributed by atoms with Crippen molar-refractivity contribution in [3.63, 3.8) is 0 Å². The molecule has 38 heavy (non-hydrogen) atoms. The molecule has 0 unspecified atom stereocenters. The fraction of sp³-hybridized carbons (Fsp3) is 0.200. The summed E-state index contributed by atoms with van der Waals surface area (Å²) in [6, 6.07) is 17.7. The van der Waals surface area contributed by atoms with Crippen LogP contribution in [-0.2, 0) is 0 Å². The third kappa shape index (κ3) is 5.34. The Morgan fingerprint density at radius 3 is 1.08 bits per heavy atom. The standard InChI is InChI=1S/C30H28N2O6/c1-17-15-25(7-9-27(17)31(33)34)37-29-19(3)11-23(12-20(29)4)24-13-21(5)30(22(6)14-24)38-26-8-10-28(32(35)36)18(2)16-26/h7-16H,1-6H3. The third-order valence-corrected chi connectivity index (χ3v) is 6.42. The lowest BCUT2D eigenvalue weighted by molar-refractivity contribution is -0.385. The van der Waals surface area contributed by atoms with Crippen molar-refractivity contribution in [2.45, 2.75) is 41.5 Å². The highest BCUT2D eigenvalue weighted by Gasteiger charge is 2.16. The zero-order valence-electron chi connectivity index (χ0n) is 22.1. The zero-order valence-corrected chi connectivity index (χ0v) is 22.1. The molecule has 4 rings (SSSR count). The first-order chi connectivity index (χ1) is 17.9. The van der Waals surface area contributed by atoms with Crippen molar-refractivity contribution >= 4 is 11.4 Å². The van der Waals surface area contributed by atoms with Gasteiger partial charge in [0.25, 0.3) is 11.4 Å². The summed E-state index contributed by atoms with van der Waals surface area (Å²) in [7, 11) is 0. The molecule has 4 aromatic rings. The van der Waals surface area contributed by atoms with E-state index < -0.39 is 9.85 Å². The molecule has 0 N–H and O–H groups in total. The van der Waals surface area contributed by atoms with Gasteiger partial charge in [0.2, 0.25) is 0 Å². The summed E-state index contributed by atoms with van der Waals surface area (Å²) >= 11 is 0. The number of hydrogen-bond donors (Lipinski definition) is 0. The van der Waals surface area contributed by atoms with Crippen LogP contribution in [0.15, 0.2) is 60.7 Å². The van der Waals surface area contributed by atoms with Crippen LogP contribution < -0.4 is 9.47 Å². The Labute approximate surface area is 220 Å². The van der Waals surface area contributed by atoms with E-state index in [4.69, 9.17) is 9.47 Å². The summed E-state index contributed by atoms with van der Waals surface area (Å²) in [5.41, 5.74) is 6.99. The number of nitro benzene ring substituents is 2. The Bertz CT molecular complexity index is 1430. The highest BCUT2D eigenvalue weighted by atomic mass is 16.6. The highest BCUT2D eigenvalue weighted by molar-refractivity contribution is 5.71. The quantitative estimate of drug-likeness (QED) is 0.181. The van der Waals surface area contributed by atoms with Crippen molar-refractivity contribution in [1.29, 1.82) is 0 Å². The fourth-order valence-corrected chi connectivity index (χ4v) is 4.58. The van der Waals surface area contributed by atoms with Gasteiger partial charge in [-0.1, -0.05) is 0 Å². The molecule has 194 valence electrons. The number of benzene rings is 4. The van der Waals surface area contributed by atoms with E-state index in [9.17, 15) is 20.2 Å². The molecule has 0 spiro atoms.